The molecule has 0 amide bonds. The molecule has 1 aliphatic heterocycles. The molecular weight excluding hydrogens is 364 g/mol. The Balaban J connectivity index is 1.32. The summed E-state index contributed by atoms with van der Waals surface area (Å²) >= 11 is 0. The van der Waals surface area contributed by atoms with Crippen LogP contribution >= 0.6 is 0 Å². The smallest absolute Gasteiger partial charge is 0.232 e. The van der Waals surface area contributed by atoms with Gasteiger partial charge in [-0.25, -0.2) is 0 Å². The maximum atomic E-state index is 5.86. The summed E-state index contributed by atoms with van der Waals surface area (Å²) in [6.45, 7) is 7.95. The molecule has 0 spiro atoms. The molecule has 3 heterocycles. The summed E-state index contributed by atoms with van der Waals surface area (Å²) in [5.41, 5.74) is 2.21. The van der Waals surface area contributed by atoms with Crippen molar-refractivity contribution < 1.29 is 9.26 Å². The summed E-state index contributed by atoms with van der Waals surface area (Å²) in [5, 5.41) is 4.23. The number of ether oxygens (including phenoxy) is 1. The Bertz CT molecular complexity index is 910. The van der Waals surface area contributed by atoms with Gasteiger partial charge in [0.1, 0.15) is 5.75 Å². The average molecular weight is 393 g/mol. The van der Waals surface area contributed by atoms with E-state index in [1.165, 1.54) is 5.56 Å². The third-order valence-corrected chi connectivity index (χ3v) is 5.07. The van der Waals surface area contributed by atoms with Gasteiger partial charge in [0, 0.05) is 30.9 Å². The lowest BCUT2D eigenvalue weighted by Crippen LogP contribution is -2.20. The first kappa shape index (κ1) is 19.6. The molecule has 1 atom stereocenters. The monoisotopic (exact) mass is 392 g/mol. The van der Waals surface area contributed by atoms with Crippen LogP contribution in [0.5, 0.6) is 5.75 Å². The minimum Gasteiger partial charge on any atom is -0.493 e. The molecule has 4 rings (SSSR count). The van der Waals surface area contributed by atoms with Crippen LogP contribution in [0.3, 0.4) is 0 Å². The van der Waals surface area contributed by atoms with E-state index in [4.69, 9.17) is 9.26 Å². The molecule has 29 heavy (non-hydrogen) atoms. The van der Waals surface area contributed by atoms with E-state index in [9.17, 15) is 0 Å². The second-order valence-corrected chi connectivity index (χ2v) is 8.12. The molecule has 6 heteroatoms. The van der Waals surface area contributed by atoms with Gasteiger partial charge < -0.3 is 9.26 Å². The lowest BCUT2D eigenvalue weighted by Gasteiger charge is -2.16. The number of benzene rings is 1. The molecule has 1 aromatic carbocycles. The predicted octanol–water partition coefficient (Wildman–Crippen LogP) is 4.08. The Kier molecular flexibility index (Phi) is 6.20. The SMILES string of the molecule is CC(C)COc1cccc(CN2CCC(c3noc(Cc4ccccn4)n3)C2)c1. The molecule has 3 aromatic rings. The molecular formula is C23H28N4O2. The van der Waals surface area contributed by atoms with Crippen LogP contribution in [-0.2, 0) is 13.0 Å². The third kappa shape index (κ3) is 5.41. The molecule has 0 radical (unpaired) electrons. The van der Waals surface area contributed by atoms with Gasteiger partial charge in [-0.2, -0.15) is 4.98 Å². The highest BCUT2D eigenvalue weighted by Gasteiger charge is 2.27. The lowest BCUT2D eigenvalue weighted by molar-refractivity contribution is 0.270. The zero-order chi connectivity index (χ0) is 20.1. The maximum Gasteiger partial charge on any atom is 0.232 e. The van der Waals surface area contributed by atoms with E-state index in [1.807, 2.05) is 24.3 Å². The third-order valence-electron chi connectivity index (χ3n) is 5.07. The summed E-state index contributed by atoms with van der Waals surface area (Å²) in [4.78, 5) is 11.4. The van der Waals surface area contributed by atoms with Gasteiger partial charge in [-0.3, -0.25) is 9.88 Å². The fourth-order valence-corrected chi connectivity index (χ4v) is 3.61. The van der Waals surface area contributed by atoms with Gasteiger partial charge in [0.15, 0.2) is 5.82 Å². The number of hydrogen-bond acceptors (Lipinski definition) is 6. The molecule has 1 unspecified atom stereocenters. The number of rotatable bonds is 8. The molecule has 152 valence electrons. The predicted molar refractivity (Wildman–Crippen MR) is 111 cm³/mol. The van der Waals surface area contributed by atoms with Gasteiger partial charge in [0.2, 0.25) is 5.89 Å². The van der Waals surface area contributed by atoms with E-state index in [1.54, 1.807) is 6.20 Å². The number of nitrogens with zero attached hydrogens (tertiary/aromatic N) is 4. The fraction of sp³-hybridized carbons (Fsp3) is 0.435. The minimum absolute atomic E-state index is 0.316. The van der Waals surface area contributed by atoms with Gasteiger partial charge >= 0.3 is 0 Å². The van der Waals surface area contributed by atoms with Crippen LogP contribution in [-0.4, -0.2) is 39.7 Å². The summed E-state index contributed by atoms with van der Waals surface area (Å²) < 4.78 is 11.3. The van der Waals surface area contributed by atoms with Crippen molar-refractivity contribution in [3.63, 3.8) is 0 Å². The largest absolute Gasteiger partial charge is 0.493 e. The quantitative estimate of drug-likeness (QED) is 0.576. The Labute approximate surface area is 171 Å². The van der Waals surface area contributed by atoms with E-state index in [-0.39, 0.29) is 0 Å². The van der Waals surface area contributed by atoms with E-state index >= 15 is 0 Å². The number of hydrogen-bond donors (Lipinski definition) is 0. The fourth-order valence-electron chi connectivity index (χ4n) is 3.61. The highest BCUT2D eigenvalue weighted by Crippen LogP contribution is 2.27. The zero-order valence-corrected chi connectivity index (χ0v) is 17.1. The first-order valence-corrected chi connectivity index (χ1v) is 10.3. The van der Waals surface area contributed by atoms with Gasteiger partial charge in [0.05, 0.1) is 13.0 Å². The van der Waals surface area contributed by atoms with Gasteiger partial charge in [0.25, 0.3) is 0 Å². The highest BCUT2D eigenvalue weighted by molar-refractivity contribution is 5.28. The summed E-state index contributed by atoms with van der Waals surface area (Å²) in [6, 6.07) is 14.3. The Hall–Kier alpha value is -2.73. The molecule has 0 N–H and O–H groups in total. The van der Waals surface area contributed by atoms with Crippen molar-refractivity contribution in [3.8, 4) is 5.75 Å². The minimum atomic E-state index is 0.316. The first-order valence-electron chi connectivity index (χ1n) is 10.3. The Morgan fingerprint density at radius 1 is 1.21 bits per heavy atom. The van der Waals surface area contributed by atoms with Gasteiger partial charge in [-0.1, -0.05) is 37.2 Å². The highest BCUT2D eigenvalue weighted by atomic mass is 16.5. The van der Waals surface area contributed by atoms with Crippen molar-refractivity contribution in [1.82, 2.24) is 20.0 Å². The summed E-state index contributed by atoms with van der Waals surface area (Å²) in [7, 11) is 0. The lowest BCUT2D eigenvalue weighted by atomic mass is 10.1. The van der Waals surface area contributed by atoms with Crippen molar-refractivity contribution in [2.24, 2.45) is 5.92 Å². The molecule has 2 aromatic heterocycles. The standard InChI is InChI=1S/C23H28N4O2/c1-17(2)16-28-21-8-5-6-18(12-21)14-27-11-9-19(15-27)23-25-22(29-26-23)13-20-7-3-4-10-24-20/h3-8,10,12,17,19H,9,11,13-16H2,1-2H3. The van der Waals surface area contributed by atoms with E-state index in [2.05, 4.69) is 52.1 Å². The van der Waals surface area contributed by atoms with Crippen LogP contribution in [0.15, 0.2) is 53.2 Å². The van der Waals surface area contributed by atoms with Crippen molar-refractivity contribution >= 4 is 0 Å². The van der Waals surface area contributed by atoms with Crippen LogP contribution in [0.2, 0.25) is 0 Å². The van der Waals surface area contributed by atoms with E-state index in [0.717, 1.165) is 49.9 Å². The van der Waals surface area contributed by atoms with Crippen LogP contribution in [0.25, 0.3) is 0 Å². The molecule has 0 aliphatic carbocycles. The summed E-state index contributed by atoms with van der Waals surface area (Å²) in [6.07, 6.45) is 3.41. The molecule has 0 bridgehead atoms. The average Bonchev–Trinajstić information content (AvgIpc) is 3.37. The Morgan fingerprint density at radius 3 is 2.97 bits per heavy atom. The molecule has 1 saturated heterocycles. The van der Waals surface area contributed by atoms with Crippen molar-refractivity contribution in [2.45, 2.75) is 39.2 Å². The van der Waals surface area contributed by atoms with Crippen LogP contribution in [0.4, 0.5) is 0 Å². The zero-order valence-electron chi connectivity index (χ0n) is 17.1. The van der Waals surface area contributed by atoms with Crippen molar-refractivity contribution in [1.29, 1.82) is 0 Å². The second kappa shape index (κ2) is 9.18. The van der Waals surface area contributed by atoms with Crippen molar-refractivity contribution in [2.75, 3.05) is 19.7 Å². The molecule has 6 nitrogen and oxygen atoms in total. The van der Waals surface area contributed by atoms with Crippen molar-refractivity contribution in [3.05, 3.63) is 71.6 Å². The second-order valence-electron chi connectivity index (χ2n) is 8.12. The number of likely N-dealkylation sites (tertiary alicyclic amines) is 1. The first-order chi connectivity index (χ1) is 14.2. The maximum absolute atomic E-state index is 5.86. The number of pyridine rings is 1. The number of aromatic nitrogens is 3. The van der Waals surface area contributed by atoms with Gasteiger partial charge in [-0.15, -0.1) is 0 Å². The Morgan fingerprint density at radius 2 is 2.14 bits per heavy atom. The normalized spacial score (nSPS) is 17.1. The molecule has 0 saturated carbocycles. The van der Waals surface area contributed by atoms with Crippen LogP contribution < -0.4 is 4.74 Å². The van der Waals surface area contributed by atoms with E-state index in [0.29, 0.717) is 24.1 Å². The molecule has 1 fully saturated rings. The van der Waals surface area contributed by atoms with E-state index < -0.39 is 0 Å². The summed E-state index contributed by atoms with van der Waals surface area (Å²) in [5.74, 6) is 3.23. The van der Waals surface area contributed by atoms with Gasteiger partial charge in [-0.05, 0) is 48.7 Å². The van der Waals surface area contributed by atoms with Crippen LogP contribution in [0, 0.1) is 5.92 Å². The topological polar surface area (TPSA) is 64.3 Å². The molecule has 1 aliphatic rings. The van der Waals surface area contributed by atoms with Crippen LogP contribution in [0.1, 0.15) is 49.2 Å².